The molecule has 1 unspecified atom stereocenters. The number of rotatable bonds is 8. The molecule has 2 amide bonds. The Labute approximate surface area is 118 Å². The van der Waals surface area contributed by atoms with Crippen molar-refractivity contribution in [1.29, 1.82) is 0 Å². The summed E-state index contributed by atoms with van der Waals surface area (Å²) in [5, 5.41) is 15.5. The van der Waals surface area contributed by atoms with Gasteiger partial charge in [-0.25, -0.2) is 4.79 Å². The number of amides is 2. The van der Waals surface area contributed by atoms with Gasteiger partial charge in [-0.05, 0) is 43.9 Å². The fourth-order valence-electron chi connectivity index (χ4n) is 1.56. The van der Waals surface area contributed by atoms with E-state index < -0.39 is 5.60 Å². The van der Waals surface area contributed by atoms with Crippen molar-refractivity contribution in [3.05, 3.63) is 24.2 Å². The van der Waals surface area contributed by atoms with Crippen LogP contribution in [0.4, 0.5) is 4.79 Å². The Morgan fingerprint density at radius 1 is 1.47 bits per heavy atom. The minimum absolute atomic E-state index is 0.108. The van der Waals surface area contributed by atoms with Crippen LogP contribution in [0.15, 0.2) is 22.8 Å². The van der Waals surface area contributed by atoms with E-state index in [1.807, 2.05) is 0 Å². The second-order valence-electron chi connectivity index (χ2n) is 4.56. The van der Waals surface area contributed by atoms with E-state index in [1.165, 1.54) is 6.26 Å². The van der Waals surface area contributed by atoms with Crippen molar-refractivity contribution in [2.24, 2.45) is 0 Å². The number of carbonyl (C=O) groups excluding carboxylic acids is 1. The van der Waals surface area contributed by atoms with E-state index in [0.717, 1.165) is 18.6 Å². The number of urea groups is 1. The zero-order valence-corrected chi connectivity index (χ0v) is 12.3. The number of aliphatic hydroxyl groups is 1. The van der Waals surface area contributed by atoms with Crippen LogP contribution in [-0.4, -0.2) is 36.2 Å². The first kappa shape index (κ1) is 15.9. The van der Waals surface area contributed by atoms with Gasteiger partial charge < -0.3 is 20.2 Å². The summed E-state index contributed by atoms with van der Waals surface area (Å²) in [6, 6.07) is 3.12. The summed E-state index contributed by atoms with van der Waals surface area (Å²) in [5.74, 6) is 1.55. The minimum atomic E-state index is -1.19. The third-order valence-electron chi connectivity index (χ3n) is 2.71. The average Bonchev–Trinajstić information content (AvgIpc) is 2.91. The number of nitrogens with one attached hydrogen (secondary N) is 2. The zero-order valence-electron chi connectivity index (χ0n) is 11.4. The lowest BCUT2D eigenvalue weighted by Gasteiger charge is -2.21. The predicted molar refractivity (Wildman–Crippen MR) is 77.3 cm³/mol. The van der Waals surface area contributed by atoms with E-state index in [0.29, 0.717) is 12.3 Å². The SMILES string of the molecule is CSCCCCNC(=O)NCC(C)(O)c1ccco1. The molecule has 0 saturated heterocycles. The molecule has 3 N–H and O–H groups in total. The lowest BCUT2D eigenvalue weighted by atomic mass is 10.0. The Balaban J connectivity index is 2.19. The average molecular weight is 286 g/mol. The highest BCUT2D eigenvalue weighted by molar-refractivity contribution is 7.98. The molecule has 1 aromatic rings. The summed E-state index contributed by atoms with van der Waals surface area (Å²) in [5.41, 5.74) is -1.19. The molecule has 108 valence electrons. The Morgan fingerprint density at radius 2 is 2.26 bits per heavy atom. The fraction of sp³-hybridized carbons (Fsp3) is 0.615. The van der Waals surface area contributed by atoms with Crippen LogP contribution in [0.5, 0.6) is 0 Å². The Morgan fingerprint density at radius 3 is 2.89 bits per heavy atom. The molecule has 0 spiro atoms. The van der Waals surface area contributed by atoms with Crippen LogP contribution in [0.3, 0.4) is 0 Å². The quantitative estimate of drug-likeness (QED) is 0.638. The number of furan rings is 1. The van der Waals surface area contributed by atoms with Gasteiger partial charge in [0.2, 0.25) is 0 Å². The third-order valence-corrected chi connectivity index (χ3v) is 3.40. The molecule has 0 radical (unpaired) electrons. The topological polar surface area (TPSA) is 74.5 Å². The second kappa shape index (κ2) is 8.12. The van der Waals surface area contributed by atoms with E-state index in [4.69, 9.17) is 4.42 Å². The molecular formula is C13H22N2O3S. The second-order valence-corrected chi connectivity index (χ2v) is 5.55. The van der Waals surface area contributed by atoms with E-state index in [2.05, 4.69) is 16.9 Å². The van der Waals surface area contributed by atoms with Crippen molar-refractivity contribution >= 4 is 17.8 Å². The van der Waals surface area contributed by atoms with Crippen molar-refractivity contribution in [3.8, 4) is 0 Å². The highest BCUT2D eigenvalue weighted by Gasteiger charge is 2.26. The first-order chi connectivity index (χ1) is 9.06. The maximum Gasteiger partial charge on any atom is 0.314 e. The van der Waals surface area contributed by atoms with Crippen molar-refractivity contribution in [2.45, 2.75) is 25.4 Å². The molecule has 19 heavy (non-hydrogen) atoms. The molecule has 0 fully saturated rings. The van der Waals surface area contributed by atoms with E-state index >= 15 is 0 Å². The van der Waals surface area contributed by atoms with Gasteiger partial charge in [-0.2, -0.15) is 11.8 Å². The predicted octanol–water partition coefficient (Wildman–Crippen LogP) is 1.93. The monoisotopic (exact) mass is 286 g/mol. The third kappa shape index (κ3) is 6.02. The van der Waals surface area contributed by atoms with Crippen LogP contribution in [0.2, 0.25) is 0 Å². The van der Waals surface area contributed by atoms with E-state index in [1.54, 1.807) is 30.8 Å². The summed E-state index contributed by atoms with van der Waals surface area (Å²) in [7, 11) is 0. The minimum Gasteiger partial charge on any atom is -0.466 e. The number of unbranched alkanes of at least 4 members (excludes halogenated alkanes) is 1. The van der Waals surface area contributed by atoms with Crippen LogP contribution in [0, 0.1) is 0 Å². The van der Waals surface area contributed by atoms with Gasteiger partial charge in [-0.3, -0.25) is 0 Å². The number of hydrogen-bond donors (Lipinski definition) is 3. The maximum atomic E-state index is 11.5. The molecule has 0 aliphatic carbocycles. The smallest absolute Gasteiger partial charge is 0.314 e. The van der Waals surface area contributed by atoms with Crippen LogP contribution >= 0.6 is 11.8 Å². The van der Waals surface area contributed by atoms with Crippen molar-refractivity contribution in [2.75, 3.05) is 25.1 Å². The molecular weight excluding hydrogens is 264 g/mol. The van der Waals surface area contributed by atoms with Crippen LogP contribution in [-0.2, 0) is 5.60 Å². The van der Waals surface area contributed by atoms with E-state index in [9.17, 15) is 9.90 Å². The van der Waals surface area contributed by atoms with Gasteiger partial charge in [0.15, 0.2) is 0 Å². The first-order valence-corrected chi connectivity index (χ1v) is 7.72. The molecule has 0 aromatic carbocycles. The normalized spacial score (nSPS) is 13.8. The summed E-state index contributed by atoms with van der Waals surface area (Å²) >= 11 is 1.80. The summed E-state index contributed by atoms with van der Waals surface area (Å²) in [6.45, 7) is 2.36. The Bertz CT molecular complexity index is 366. The number of carbonyl (C=O) groups is 1. The van der Waals surface area contributed by atoms with Crippen LogP contribution in [0.1, 0.15) is 25.5 Å². The molecule has 0 saturated carbocycles. The van der Waals surface area contributed by atoms with E-state index in [-0.39, 0.29) is 12.6 Å². The molecule has 0 aliphatic rings. The maximum absolute atomic E-state index is 11.5. The molecule has 1 rings (SSSR count). The van der Waals surface area contributed by atoms with Gasteiger partial charge >= 0.3 is 6.03 Å². The van der Waals surface area contributed by atoms with Gasteiger partial charge in [0.25, 0.3) is 0 Å². The molecule has 1 aromatic heterocycles. The highest BCUT2D eigenvalue weighted by Crippen LogP contribution is 2.19. The number of thioether (sulfide) groups is 1. The van der Waals surface area contributed by atoms with Crippen molar-refractivity contribution < 1.29 is 14.3 Å². The lowest BCUT2D eigenvalue weighted by molar-refractivity contribution is 0.0367. The number of hydrogen-bond acceptors (Lipinski definition) is 4. The fourth-order valence-corrected chi connectivity index (χ4v) is 2.05. The van der Waals surface area contributed by atoms with Gasteiger partial charge in [-0.1, -0.05) is 0 Å². The standard InChI is InChI=1S/C13H22N2O3S/c1-13(17,11-6-5-8-18-11)10-15-12(16)14-7-3-4-9-19-2/h5-6,8,17H,3-4,7,9-10H2,1-2H3,(H2,14,15,16). The summed E-state index contributed by atoms with van der Waals surface area (Å²) < 4.78 is 5.13. The van der Waals surface area contributed by atoms with Crippen LogP contribution in [0.25, 0.3) is 0 Å². The zero-order chi connectivity index (χ0) is 14.1. The lowest BCUT2D eigenvalue weighted by Crippen LogP contribution is -2.43. The van der Waals surface area contributed by atoms with Gasteiger partial charge in [0.1, 0.15) is 11.4 Å². The largest absolute Gasteiger partial charge is 0.466 e. The molecule has 6 heteroatoms. The van der Waals surface area contributed by atoms with Gasteiger partial charge in [0.05, 0.1) is 12.8 Å². The summed E-state index contributed by atoms with van der Waals surface area (Å²) in [6.07, 6.45) is 5.61. The molecule has 0 aliphatic heterocycles. The van der Waals surface area contributed by atoms with Gasteiger partial charge in [0, 0.05) is 6.54 Å². The Hall–Kier alpha value is -1.14. The molecule has 1 atom stereocenters. The Kier molecular flexibility index (Phi) is 6.80. The highest BCUT2D eigenvalue weighted by atomic mass is 32.2. The molecule has 0 bridgehead atoms. The van der Waals surface area contributed by atoms with Crippen molar-refractivity contribution in [1.82, 2.24) is 10.6 Å². The molecule has 5 nitrogen and oxygen atoms in total. The van der Waals surface area contributed by atoms with Crippen LogP contribution < -0.4 is 10.6 Å². The molecule has 1 heterocycles. The van der Waals surface area contributed by atoms with Crippen molar-refractivity contribution in [3.63, 3.8) is 0 Å². The summed E-state index contributed by atoms with van der Waals surface area (Å²) in [4.78, 5) is 11.5. The first-order valence-electron chi connectivity index (χ1n) is 6.33. The van der Waals surface area contributed by atoms with Gasteiger partial charge in [-0.15, -0.1) is 0 Å².